The Hall–Kier alpha value is -2.82. The number of hydrogen-bond donors (Lipinski definition) is 0. The minimum Gasteiger partial charge on any atom is -0.454 e. The van der Waals surface area contributed by atoms with E-state index in [1.165, 1.54) is 0 Å². The predicted octanol–water partition coefficient (Wildman–Crippen LogP) is 2.57. The fraction of sp³-hybridized carbons (Fsp3) is 0.125. The zero-order valence-corrected chi connectivity index (χ0v) is 11.6. The first-order valence-electron chi connectivity index (χ1n) is 6.62. The molecule has 0 N–H and O–H groups in total. The lowest BCUT2D eigenvalue weighted by Crippen LogP contribution is -2.10. The molecular formula is C16H15N3O2. The maximum atomic E-state index is 11.9. The normalized spacial score (nSPS) is 10.5. The SMILES string of the molecule is Cn1cccc1C(=O)OCc1ccn(-c2ccccc2)n1. The summed E-state index contributed by atoms with van der Waals surface area (Å²) in [6, 6.07) is 15.2. The number of nitrogens with zero attached hydrogens (tertiary/aromatic N) is 3. The van der Waals surface area contributed by atoms with E-state index in [-0.39, 0.29) is 12.6 Å². The summed E-state index contributed by atoms with van der Waals surface area (Å²) < 4.78 is 8.75. The molecule has 5 heteroatoms. The van der Waals surface area contributed by atoms with Crippen molar-refractivity contribution in [3.05, 3.63) is 72.3 Å². The highest BCUT2D eigenvalue weighted by atomic mass is 16.5. The van der Waals surface area contributed by atoms with Crippen LogP contribution in [0.3, 0.4) is 0 Å². The van der Waals surface area contributed by atoms with Gasteiger partial charge >= 0.3 is 5.97 Å². The summed E-state index contributed by atoms with van der Waals surface area (Å²) in [4.78, 5) is 11.9. The molecule has 3 rings (SSSR count). The van der Waals surface area contributed by atoms with Crippen molar-refractivity contribution in [2.24, 2.45) is 7.05 Å². The van der Waals surface area contributed by atoms with Crippen LogP contribution in [0.15, 0.2) is 60.9 Å². The van der Waals surface area contributed by atoms with Gasteiger partial charge in [0.15, 0.2) is 0 Å². The monoisotopic (exact) mass is 281 g/mol. The van der Waals surface area contributed by atoms with Gasteiger partial charge in [-0.25, -0.2) is 9.48 Å². The molecule has 0 bridgehead atoms. The molecule has 21 heavy (non-hydrogen) atoms. The van der Waals surface area contributed by atoms with E-state index in [0.29, 0.717) is 11.4 Å². The zero-order chi connectivity index (χ0) is 14.7. The van der Waals surface area contributed by atoms with Crippen LogP contribution in [0.2, 0.25) is 0 Å². The van der Waals surface area contributed by atoms with Crippen LogP contribution in [0.1, 0.15) is 16.2 Å². The van der Waals surface area contributed by atoms with Crippen LogP contribution in [0.25, 0.3) is 5.69 Å². The van der Waals surface area contributed by atoms with E-state index >= 15 is 0 Å². The summed E-state index contributed by atoms with van der Waals surface area (Å²) in [5, 5.41) is 4.39. The first kappa shape index (κ1) is 13.2. The van der Waals surface area contributed by atoms with E-state index in [1.54, 1.807) is 34.6 Å². The van der Waals surface area contributed by atoms with Gasteiger partial charge in [0.2, 0.25) is 0 Å². The average Bonchev–Trinajstić information content (AvgIpc) is 3.15. The van der Waals surface area contributed by atoms with E-state index in [2.05, 4.69) is 5.10 Å². The second-order valence-electron chi connectivity index (χ2n) is 4.67. The Kier molecular flexibility index (Phi) is 3.55. The molecule has 0 saturated carbocycles. The van der Waals surface area contributed by atoms with Crippen molar-refractivity contribution in [3.63, 3.8) is 0 Å². The lowest BCUT2D eigenvalue weighted by molar-refractivity contribution is 0.0456. The van der Waals surface area contributed by atoms with Gasteiger partial charge in [0, 0.05) is 19.4 Å². The van der Waals surface area contributed by atoms with Crippen molar-refractivity contribution >= 4 is 5.97 Å². The van der Waals surface area contributed by atoms with Gasteiger partial charge in [-0.1, -0.05) is 18.2 Å². The number of carbonyl (C=O) groups excluding carboxylic acids is 1. The smallest absolute Gasteiger partial charge is 0.355 e. The summed E-state index contributed by atoms with van der Waals surface area (Å²) in [6.45, 7) is 0.157. The van der Waals surface area contributed by atoms with Crippen LogP contribution in [0.5, 0.6) is 0 Å². The number of para-hydroxylation sites is 1. The minimum absolute atomic E-state index is 0.157. The van der Waals surface area contributed by atoms with Gasteiger partial charge in [-0.05, 0) is 30.3 Å². The molecule has 1 aromatic carbocycles. The van der Waals surface area contributed by atoms with Crippen molar-refractivity contribution in [2.75, 3.05) is 0 Å². The molecule has 0 spiro atoms. The Morgan fingerprint density at radius 2 is 1.90 bits per heavy atom. The van der Waals surface area contributed by atoms with Gasteiger partial charge in [0.05, 0.1) is 5.69 Å². The highest BCUT2D eigenvalue weighted by molar-refractivity contribution is 5.87. The van der Waals surface area contributed by atoms with Crippen molar-refractivity contribution in [2.45, 2.75) is 6.61 Å². The predicted molar refractivity (Wildman–Crippen MR) is 78.1 cm³/mol. The molecule has 0 fully saturated rings. The largest absolute Gasteiger partial charge is 0.454 e. The van der Waals surface area contributed by atoms with E-state index in [0.717, 1.165) is 5.69 Å². The zero-order valence-electron chi connectivity index (χ0n) is 11.6. The molecule has 0 aliphatic rings. The number of ether oxygens (including phenoxy) is 1. The van der Waals surface area contributed by atoms with Crippen LogP contribution >= 0.6 is 0 Å². The van der Waals surface area contributed by atoms with Crippen molar-refractivity contribution in [1.29, 1.82) is 0 Å². The Labute approximate surface area is 122 Å². The summed E-state index contributed by atoms with van der Waals surface area (Å²) in [5.74, 6) is -0.350. The van der Waals surface area contributed by atoms with Gasteiger partial charge in [0.1, 0.15) is 18.0 Å². The first-order chi connectivity index (χ1) is 10.2. The van der Waals surface area contributed by atoms with Crippen molar-refractivity contribution in [1.82, 2.24) is 14.3 Å². The van der Waals surface area contributed by atoms with Gasteiger partial charge in [-0.2, -0.15) is 5.10 Å². The fourth-order valence-electron chi connectivity index (χ4n) is 2.05. The average molecular weight is 281 g/mol. The van der Waals surface area contributed by atoms with Crippen LogP contribution in [-0.2, 0) is 18.4 Å². The molecule has 3 aromatic rings. The third-order valence-corrected chi connectivity index (χ3v) is 3.17. The van der Waals surface area contributed by atoms with E-state index in [9.17, 15) is 4.79 Å². The number of esters is 1. The second-order valence-corrected chi connectivity index (χ2v) is 4.67. The number of benzene rings is 1. The number of rotatable bonds is 4. The van der Waals surface area contributed by atoms with E-state index < -0.39 is 0 Å². The molecule has 0 atom stereocenters. The maximum Gasteiger partial charge on any atom is 0.355 e. The molecule has 106 valence electrons. The van der Waals surface area contributed by atoms with Crippen LogP contribution < -0.4 is 0 Å². The summed E-state index contributed by atoms with van der Waals surface area (Å²) in [7, 11) is 1.81. The standard InChI is InChI=1S/C16H15N3O2/c1-18-10-5-8-15(18)16(20)21-12-13-9-11-19(17-13)14-6-3-2-4-7-14/h2-11H,12H2,1H3. The molecular weight excluding hydrogens is 266 g/mol. The second kappa shape index (κ2) is 5.66. The Morgan fingerprint density at radius 3 is 2.62 bits per heavy atom. The molecule has 0 unspecified atom stereocenters. The third kappa shape index (κ3) is 2.86. The Balaban J connectivity index is 1.66. The number of aromatic nitrogens is 3. The molecule has 0 aliphatic carbocycles. The Bertz CT molecular complexity index is 744. The molecule has 2 aromatic heterocycles. The molecule has 0 saturated heterocycles. The molecule has 2 heterocycles. The number of carbonyl (C=O) groups is 1. The van der Waals surface area contributed by atoms with Gasteiger partial charge in [-0.3, -0.25) is 0 Å². The molecule has 0 aliphatic heterocycles. The minimum atomic E-state index is -0.350. The number of hydrogen-bond acceptors (Lipinski definition) is 3. The first-order valence-corrected chi connectivity index (χ1v) is 6.62. The fourth-order valence-corrected chi connectivity index (χ4v) is 2.05. The highest BCUT2D eigenvalue weighted by Gasteiger charge is 2.11. The van der Waals surface area contributed by atoms with Gasteiger partial charge < -0.3 is 9.30 Å². The number of aryl methyl sites for hydroxylation is 1. The lowest BCUT2D eigenvalue weighted by atomic mass is 10.3. The van der Waals surface area contributed by atoms with Crippen LogP contribution in [0.4, 0.5) is 0 Å². The van der Waals surface area contributed by atoms with Crippen molar-refractivity contribution in [3.8, 4) is 5.69 Å². The topological polar surface area (TPSA) is 49.0 Å². The molecule has 5 nitrogen and oxygen atoms in total. The van der Waals surface area contributed by atoms with E-state index in [4.69, 9.17) is 4.74 Å². The van der Waals surface area contributed by atoms with Gasteiger partial charge in [0.25, 0.3) is 0 Å². The summed E-state index contributed by atoms with van der Waals surface area (Å²) in [5.41, 5.74) is 2.21. The van der Waals surface area contributed by atoms with Crippen molar-refractivity contribution < 1.29 is 9.53 Å². The Morgan fingerprint density at radius 1 is 1.10 bits per heavy atom. The van der Waals surface area contributed by atoms with Crippen LogP contribution in [0, 0.1) is 0 Å². The quantitative estimate of drug-likeness (QED) is 0.691. The van der Waals surface area contributed by atoms with Crippen LogP contribution in [-0.4, -0.2) is 20.3 Å². The molecule has 0 amide bonds. The molecule has 0 radical (unpaired) electrons. The van der Waals surface area contributed by atoms with E-state index in [1.807, 2.05) is 42.6 Å². The van der Waals surface area contributed by atoms with Gasteiger partial charge in [-0.15, -0.1) is 0 Å². The highest BCUT2D eigenvalue weighted by Crippen LogP contribution is 2.09. The summed E-state index contributed by atoms with van der Waals surface area (Å²) in [6.07, 6.45) is 3.65. The maximum absolute atomic E-state index is 11.9. The lowest BCUT2D eigenvalue weighted by Gasteiger charge is -2.04. The summed E-state index contributed by atoms with van der Waals surface area (Å²) >= 11 is 0. The third-order valence-electron chi connectivity index (χ3n) is 3.17.